The molecular formula is C21H16N5O+. The normalized spacial score (nSPS) is 17.9. The van der Waals surface area contributed by atoms with Crippen molar-refractivity contribution in [3.63, 3.8) is 0 Å². The van der Waals surface area contributed by atoms with E-state index < -0.39 is 0 Å². The van der Waals surface area contributed by atoms with Crippen molar-refractivity contribution in [2.75, 3.05) is 4.90 Å². The zero-order valence-corrected chi connectivity index (χ0v) is 14.4. The third-order valence-corrected chi connectivity index (χ3v) is 4.76. The maximum absolute atomic E-state index is 13.5. The smallest absolute Gasteiger partial charge is 0.264 e. The summed E-state index contributed by atoms with van der Waals surface area (Å²) >= 11 is 0. The number of carbonyl (C=O) groups is 1. The van der Waals surface area contributed by atoms with Crippen molar-refractivity contribution in [2.24, 2.45) is 4.99 Å². The van der Waals surface area contributed by atoms with Crippen LogP contribution in [0.25, 0.3) is 0 Å². The van der Waals surface area contributed by atoms with Gasteiger partial charge in [-0.3, -0.25) is 14.7 Å². The van der Waals surface area contributed by atoms with Crippen LogP contribution in [0.5, 0.6) is 0 Å². The number of para-hydroxylation sites is 1. The molecule has 1 atom stereocenters. The number of rotatable bonds is 3. The summed E-state index contributed by atoms with van der Waals surface area (Å²) in [5.74, 6) is 0.543. The molecule has 1 amide bonds. The minimum absolute atomic E-state index is 0.0983. The number of hydrogen-bond donors (Lipinski definition) is 0. The van der Waals surface area contributed by atoms with E-state index in [1.807, 2.05) is 59.2 Å². The van der Waals surface area contributed by atoms with Crippen LogP contribution in [0.2, 0.25) is 0 Å². The fourth-order valence-corrected chi connectivity index (χ4v) is 3.56. The van der Waals surface area contributed by atoms with Crippen molar-refractivity contribution in [1.29, 1.82) is 0 Å². The van der Waals surface area contributed by atoms with Crippen LogP contribution in [-0.4, -0.2) is 32.5 Å². The van der Waals surface area contributed by atoms with Crippen LogP contribution < -0.4 is 4.90 Å². The zero-order valence-electron chi connectivity index (χ0n) is 14.4. The molecule has 6 heteroatoms. The van der Waals surface area contributed by atoms with Gasteiger partial charge in [0.2, 0.25) is 11.8 Å². The number of benzene rings is 1. The fraction of sp³-hybridized carbons (Fsp3) is 0.0952. The second kappa shape index (κ2) is 6.25. The number of aromatic nitrogens is 2. The highest BCUT2D eigenvalue weighted by Gasteiger charge is 2.47. The van der Waals surface area contributed by atoms with Gasteiger partial charge in [-0.25, -0.2) is 9.56 Å². The Hall–Kier alpha value is -3.67. The van der Waals surface area contributed by atoms with Crippen LogP contribution in [0, 0.1) is 0 Å². The van der Waals surface area contributed by atoms with Gasteiger partial charge >= 0.3 is 5.91 Å². The van der Waals surface area contributed by atoms with E-state index >= 15 is 0 Å². The Morgan fingerprint density at radius 2 is 1.85 bits per heavy atom. The summed E-state index contributed by atoms with van der Waals surface area (Å²) < 4.78 is 1.91. The molecule has 4 heterocycles. The lowest BCUT2D eigenvalue weighted by molar-refractivity contribution is -0.412. The number of aliphatic imine (C=N–C) groups is 1. The summed E-state index contributed by atoms with van der Waals surface area (Å²) in [6.45, 7) is 0.549. The van der Waals surface area contributed by atoms with E-state index in [1.165, 1.54) is 0 Å². The van der Waals surface area contributed by atoms with E-state index in [4.69, 9.17) is 0 Å². The van der Waals surface area contributed by atoms with E-state index in [9.17, 15) is 4.79 Å². The summed E-state index contributed by atoms with van der Waals surface area (Å²) in [6.07, 6.45) is 7.00. The second-order valence-electron chi connectivity index (χ2n) is 6.43. The first-order valence-electron chi connectivity index (χ1n) is 8.73. The van der Waals surface area contributed by atoms with Crippen LogP contribution in [0.3, 0.4) is 0 Å². The number of amides is 1. The number of carbonyl (C=O) groups excluding carboxylic acids is 1. The number of nitrogens with zero attached hydrogens (tertiary/aromatic N) is 5. The van der Waals surface area contributed by atoms with Gasteiger partial charge < -0.3 is 0 Å². The van der Waals surface area contributed by atoms with Gasteiger partial charge in [0.05, 0.1) is 11.3 Å². The summed E-state index contributed by atoms with van der Waals surface area (Å²) in [7, 11) is 0. The molecule has 0 N–H and O–H groups in total. The average molecular weight is 354 g/mol. The van der Waals surface area contributed by atoms with E-state index in [1.54, 1.807) is 29.8 Å². The predicted molar refractivity (Wildman–Crippen MR) is 102 cm³/mol. The van der Waals surface area contributed by atoms with Gasteiger partial charge in [0.15, 0.2) is 0 Å². The highest BCUT2D eigenvalue weighted by Crippen LogP contribution is 2.39. The van der Waals surface area contributed by atoms with Crippen LogP contribution in [0.1, 0.15) is 17.2 Å². The Labute approximate surface area is 156 Å². The molecule has 5 rings (SSSR count). The van der Waals surface area contributed by atoms with Crippen molar-refractivity contribution in [3.05, 3.63) is 84.3 Å². The van der Waals surface area contributed by atoms with Gasteiger partial charge in [0.1, 0.15) is 12.4 Å². The molecule has 6 nitrogen and oxygen atoms in total. The van der Waals surface area contributed by atoms with Gasteiger partial charge in [-0.05, 0) is 30.3 Å². The van der Waals surface area contributed by atoms with Crippen LogP contribution >= 0.6 is 0 Å². The molecule has 130 valence electrons. The standard InChI is InChI=1S/C21H16N5O/c27-21-19-18(24-14-25(19)13-15-6-4-10-22-12-15)17-9-5-11-23-20(17)26(21)16-7-2-1-3-8-16/h1-12,14,18H,13H2/q+1. The number of pyridine rings is 2. The Morgan fingerprint density at radius 3 is 2.67 bits per heavy atom. The maximum atomic E-state index is 13.5. The van der Waals surface area contributed by atoms with Crippen molar-refractivity contribution in [2.45, 2.75) is 12.6 Å². The Morgan fingerprint density at radius 1 is 1.00 bits per heavy atom. The molecule has 1 aromatic carbocycles. The van der Waals surface area contributed by atoms with E-state index in [0.717, 1.165) is 16.8 Å². The molecule has 0 fully saturated rings. The Kier molecular flexibility index (Phi) is 3.60. The van der Waals surface area contributed by atoms with Crippen molar-refractivity contribution in [1.82, 2.24) is 9.97 Å². The minimum Gasteiger partial charge on any atom is -0.264 e. The van der Waals surface area contributed by atoms with Crippen LogP contribution in [-0.2, 0) is 11.3 Å². The first kappa shape index (κ1) is 15.6. The third-order valence-electron chi connectivity index (χ3n) is 4.76. The Bertz CT molecular complexity index is 1080. The molecule has 2 aliphatic rings. The molecule has 0 saturated carbocycles. The van der Waals surface area contributed by atoms with E-state index in [2.05, 4.69) is 15.0 Å². The largest absolute Gasteiger partial charge is 0.304 e. The molecule has 0 spiro atoms. The third kappa shape index (κ3) is 2.54. The molecule has 2 aromatic heterocycles. The zero-order chi connectivity index (χ0) is 18.2. The summed E-state index contributed by atoms with van der Waals surface area (Å²) in [5, 5.41) is 0. The molecule has 27 heavy (non-hydrogen) atoms. The summed E-state index contributed by atoms with van der Waals surface area (Å²) in [5.41, 5.74) is 3.39. The van der Waals surface area contributed by atoms with Gasteiger partial charge in [-0.15, -0.1) is 0 Å². The molecule has 1 unspecified atom stereocenters. The molecular weight excluding hydrogens is 338 g/mol. The lowest BCUT2D eigenvalue weighted by Crippen LogP contribution is -2.43. The van der Waals surface area contributed by atoms with Crippen molar-refractivity contribution < 1.29 is 9.37 Å². The lowest BCUT2D eigenvalue weighted by Gasteiger charge is -2.28. The summed E-state index contributed by atoms with van der Waals surface area (Å²) in [6, 6.07) is 17.0. The first-order valence-corrected chi connectivity index (χ1v) is 8.73. The van der Waals surface area contributed by atoms with Crippen molar-refractivity contribution >= 4 is 29.5 Å². The highest BCUT2D eigenvalue weighted by atomic mass is 16.2. The van der Waals surface area contributed by atoms with Gasteiger partial charge in [0.25, 0.3) is 6.34 Å². The topological polar surface area (TPSA) is 61.5 Å². The average Bonchev–Trinajstić information content (AvgIpc) is 3.14. The fourth-order valence-electron chi connectivity index (χ4n) is 3.56. The van der Waals surface area contributed by atoms with E-state index in [-0.39, 0.29) is 11.9 Å². The van der Waals surface area contributed by atoms with Crippen LogP contribution in [0.4, 0.5) is 11.5 Å². The molecule has 2 aliphatic heterocycles. The molecule has 3 aromatic rings. The maximum Gasteiger partial charge on any atom is 0.304 e. The number of hydrogen-bond acceptors (Lipinski definition) is 4. The minimum atomic E-state index is -0.321. The predicted octanol–water partition coefficient (Wildman–Crippen LogP) is 2.89. The van der Waals surface area contributed by atoms with Gasteiger partial charge in [-0.1, -0.05) is 29.3 Å². The first-order chi connectivity index (χ1) is 13.3. The SMILES string of the molecule is O=C1C2=[N+](Cc3cccnc3)C=NC2c2cccnc2N1c1ccccc1. The van der Waals surface area contributed by atoms with E-state index in [0.29, 0.717) is 18.1 Å². The highest BCUT2D eigenvalue weighted by molar-refractivity contribution is 6.47. The molecule has 0 bridgehead atoms. The second-order valence-corrected chi connectivity index (χ2v) is 6.43. The monoisotopic (exact) mass is 354 g/mol. The molecule has 0 radical (unpaired) electrons. The summed E-state index contributed by atoms with van der Waals surface area (Å²) in [4.78, 5) is 28.4. The number of fused-ring (bicyclic) bond motifs is 3. The number of anilines is 2. The van der Waals surface area contributed by atoms with Gasteiger partial charge in [-0.2, -0.15) is 0 Å². The lowest BCUT2D eigenvalue weighted by atomic mass is 9.97. The quantitative estimate of drug-likeness (QED) is 0.680. The molecule has 0 saturated heterocycles. The van der Waals surface area contributed by atoms with Crippen LogP contribution in [0.15, 0.2) is 78.2 Å². The molecule has 0 aliphatic carbocycles. The van der Waals surface area contributed by atoms with Gasteiger partial charge in [0, 0.05) is 24.2 Å². The Balaban J connectivity index is 1.66. The van der Waals surface area contributed by atoms with Crippen molar-refractivity contribution in [3.8, 4) is 0 Å².